The van der Waals surface area contributed by atoms with E-state index >= 15 is 0 Å². The van der Waals surface area contributed by atoms with Gasteiger partial charge >= 0.3 is 0 Å². The van der Waals surface area contributed by atoms with Gasteiger partial charge in [-0.05, 0) is 36.6 Å². The zero-order valence-electron chi connectivity index (χ0n) is 18.5. The topological polar surface area (TPSA) is 45.7 Å². The normalized spacial score (nSPS) is 15.7. The molecular formula is C25H28ClN3O2S. The van der Waals surface area contributed by atoms with Crippen LogP contribution in [0.3, 0.4) is 0 Å². The number of thiazole rings is 1. The van der Waals surface area contributed by atoms with Crippen molar-refractivity contribution in [3.63, 3.8) is 0 Å². The van der Waals surface area contributed by atoms with Crippen LogP contribution >= 0.6 is 22.9 Å². The molecule has 0 aliphatic carbocycles. The maximum absolute atomic E-state index is 13.3. The monoisotopic (exact) mass is 469 g/mol. The van der Waals surface area contributed by atoms with E-state index in [0.717, 1.165) is 47.0 Å². The molecule has 1 saturated heterocycles. The first kappa shape index (κ1) is 22.8. The minimum absolute atomic E-state index is 0.0631. The molecule has 1 fully saturated rings. The van der Waals surface area contributed by atoms with Crippen molar-refractivity contribution in [2.24, 2.45) is 0 Å². The molecule has 4 rings (SSSR count). The second-order valence-electron chi connectivity index (χ2n) is 8.27. The van der Waals surface area contributed by atoms with Gasteiger partial charge < -0.3 is 14.5 Å². The number of halogens is 1. The molecule has 1 aromatic heterocycles. The van der Waals surface area contributed by atoms with Crippen LogP contribution in [0.2, 0.25) is 5.02 Å². The number of carbonyl (C=O) groups excluding carboxylic acids is 1. The summed E-state index contributed by atoms with van der Waals surface area (Å²) in [6.07, 6.45) is 2.42. The van der Waals surface area contributed by atoms with Crippen LogP contribution in [0.4, 0.5) is 5.69 Å². The highest BCUT2D eigenvalue weighted by molar-refractivity contribution is 7.13. The molecule has 1 aliphatic heterocycles. The van der Waals surface area contributed by atoms with Crippen LogP contribution in [-0.2, 0) is 22.5 Å². The summed E-state index contributed by atoms with van der Waals surface area (Å²) in [6.45, 7) is 1.95. The second-order valence-corrected chi connectivity index (χ2v) is 9.54. The summed E-state index contributed by atoms with van der Waals surface area (Å²) in [5.74, 6) is 0.0631. The highest BCUT2D eigenvalue weighted by atomic mass is 35.5. The van der Waals surface area contributed by atoms with E-state index in [1.165, 1.54) is 11.3 Å². The van der Waals surface area contributed by atoms with Gasteiger partial charge in [0, 0.05) is 50.4 Å². The maximum atomic E-state index is 13.3. The van der Waals surface area contributed by atoms with Crippen molar-refractivity contribution >= 4 is 34.5 Å². The molecule has 0 bridgehead atoms. The van der Waals surface area contributed by atoms with E-state index in [-0.39, 0.29) is 18.4 Å². The van der Waals surface area contributed by atoms with E-state index < -0.39 is 0 Å². The number of carbonyl (C=O) groups is 1. The van der Waals surface area contributed by atoms with Crippen LogP contribution in [0.15, 0.2) is 53.9 Å². The Morgan fingerprint density at radius 3 is 2.66 bits per heavy atom. The first-order chi connectivity index (χ1) is 15.5. The molecule has 7 heteroatoms. The van der Waals surface area contributed by atoms with Crippen LogP contribution in [0.1, 0.15) is 24.1 Å². The van der Waals surface area contributed by atoms with Gasteiger partial charge in [0.05, 0.1) is 23.2 Å². The lowest BCUT2D eigenvalue weighted by atomic mass is 10.1. The number of nitrogens with zero attached hydrogens (tertiary/aromatic N) is 3. The molecule has 0 spiro atoms. The van der Waals surface area contributed by atoms with E-state index in [1.54, 1.807) is 0 Å². The minimum Gasteiger partial charge on any atom is -0.378 e. The summed E-state index contributed by atoms with van der Waals surface area (Å²) in [5, 5.41) is 3.46. The van der Waals surface area contributed by atoms with Crippen molar-refractivity contribution in [3.8, 4) is 10.6 Å². The number of ether oxygens (including phenoxy) is 1. The van der Waals surface area contributed by atoms with Gasteiger partial charge in [0.25, 0.3) is 0 Å². The lowest BCUT2D eigenvalue weighted by Crippen LogP contribution is -2.37. The van der Waals surface area contributed by atoms with Crippen LogP contribution in [-0.4, -0.2) is 49.1 Å². The van der Waals surface area contributed by atoms with Crippen molar-refractivity contribution < 1.29 is 9.53 Å². The zero-order valence-corrected chi connectivity index (χ0v) is 20.0. The quantitative estimate of drug-likeness (QED) is 0.450. The van der Waals surface area contributed by atoms with E-state index in [2.05, 4.69) is 34.1 Å². The van der Waals surface area contributed by atoms with Gasteiger partial charge in [0.15, 0.2) is 0 Å². The lowest BCUT2D eigenvalue weighted by molar-refractivity contribution is -0.132. The average Bonchev–Trinajstić information content (AvgIpc) is 3.46. The predicted octanol–water partition coefficient (Wildman–Crippen LogP) is 5.28. The molecule has 1 atom stereocenters. The van der Waals surface area contributed by atoms with Gasteiger partial charge in [-0.2, -0.15) is 0 Å². The maximum Gasteiger partial charge on any atom is 0.229 e. The fourth-order valence-electron chi connectivity index (χ4n) is 3.82. The molecule has 1 unspecified atom stereocenters. The number of aromatic nitrogens is 1. The van der Waals surface area contributed by atoms with Gasteiger partial charge in [0.2, 0.25) is 5.91 Å². The molecule has 2 aromatic carbocycles. The summed E-state index contributed by atoms with van der Waals surface area (Å²) in [4.78, 5) is 22.0. The summed E-state index contributed by atoms with van der Waals surface area (Å²) >= 11 is 7.83. The molecule has 32 heavy (non-hydrogen) atoms. The Morgan fingerprint density at radius 1 is 1.19 bits per heavy atom. The van der Waals surface area contributed by atoms with Gasteiger partial charge in [0.1, 0.15) is 5.01 Å². The van der Waals surface area contributed by atoms with E-state index in [4.69, 9.17) is 16.3 Å². The molecule has 168 valence electrons. The largest absolute Gasteiger partial charge is 0.378 e. The van der Waals surface area contributed by atoms with Crippen LogP contribution in [0, 0.1) is 0 Å². The molecule has 0 N–H and O–H groups in total. The van der Waals surface area contributed by atoms with Crippen molar-refractivity contribution in [1.29, 1.82) is 0 Å². The molecule has 3 aromatic rings. The lowest BCUT2D eigenvalue weighted by Gasteiger charge is -2.26. The second kappa shape index (κ2) is 10.5. The molecule has 0 radical (unpaired) electrons. The predicted molar refractivity (Wildman–Crippen MR) is 131 cm³/mol. The smallest absolute Gasteiger partial charge is 0.229 e. The van der Waals surface area contributed by atoms with Crippen molar-refractivity contribution in [1.82, 2.24) is 9.88 Å². The molecule has 1 aliphatic rings. The molecule has 0 saturated carbocycles. The first-order valence-electron chi connectivity index (χ1n) is 10.8. The number of hydrogen-bond acceptors (Lipinski definition) is 5. The Kier molecular flexibility index (Phi) is 7.45. The third-order valence-corrected chi connectivity index (χ3v) is 6.87. The SMILES string of the molecule is CN(C)c1ccc(CN(CC2CCCO2)C(=O)Cc2csc(-c3ccccc3Cl)n2)cc1. The fraction of sp³-hybridized carbons (Fsp3) is 0.360. The summed E-state index contributed by atoms with van der Waals surface area (Å²) in [6, 6.07) is 16.0. The standard InChI is InChI=1S/C25H28ClN3O2S/c1-28(2)20-11-9-18(10-12-20)15-29(16-21-6-5-13-31-21)24(30)14-19-17-32-25(27-19)22-7-3-4-8-23(22)26/h3-4,7-12,17,21H,5-6,13-16H2,1-2H3. The Bertz CT molecular complexity index is 1050. The summed E-state index contributed by atoms with van der Waals surface area (Å²) < 4.78 is 5.82. The fourth-order valence-corrected chi connectivity index (χ4v) is 4.96. The third-order valence-electron chi connectivity index (χ3n) is 5.62. The third kappa shape index (κ3) is 5.68. The van der Waals surface area contributed by atoms with Crippen molar-refractivity contribution in [2.75, 3.05) is 32.1 Å². The van der Waals surface area contributed by atoms with Gasteiger partial charge in [-0.3, -0.25) is 4.79 Å². The van der Waals surface area contributed by atoms with E-state index in [1.807, 2.05) is 48.6 Å². The van der Waals surface area contributed by atoms with Crippen LogP contribution < -0.4 is 4.90 Å². The Balaban J connectivity index is 1.48. The Hall–Kier alpha value is -2.41. The van der Waals surface area contributed by atoms with Crippen LogP contribution in [0.25, 0.3) is 10.6 Å². The number of hydrogen-bond donors (Lipinski definition) is 0. The van der Waals surface area contributed by atoms with Crippen LogP contribution in [0.5, 0.6) is 0 Å². The highest BCUT2D eigenvalue weighted by Gasteiger charge is 2.24. The Morgan fingerprint density at radius 2 is 1.97 bits per heavy atom. The first-order valence-corrected chi connectivity index (χ1v) is 12.1. The van der Waals surface area contributed by atoms with Gasteiger partial charge in [-0.1, -0.05) is 41.9 Å². The minimum atomic E-state index is 0.0631. The molecule has 5 nitrogen and oxygen atoms in total. The average molecular weight is 470 g/mol. The summed E-state index contributed by atoms with van der Waals surface area (Å²) in [7, 11) is 4.04. The number of amides is 1. The summed E-state index contributed by atoms with van der Waals surface area (Å²) in [5.41, 5.74) is 3.92. The number of benzene rings is 2. The zero-order chi connectivity index (χ0) is 22.5. The Labute approximate surface area is 198 Å². The number of anilines is 1. The molecule has 1 amide bonds. The molecular weight excluding hydrogens is 442 g/mol. The van der Waals surface area contributed by atoms with Gasteiger partial charge in [-0.25, -0.2) is 4.98 Å². The van der Waals surface area contributed by atoms with Crippen molar-refractivity contribution in [2.45, 2.75) is 31.9 Å². The van der Waals surface area contributed by atoms with E-state index in [0.29, 0.717) is 18.1 Å². The van der Waals surface area contributed by atoms with Crippen molar-refractivity contribution in [3.05, 3.63) is 70.2 Å². The molecule has 2 heterocycles. The van der Waals surface area contributed by atoms with E-state index in [9.17, 15) is 4.79 Å². The van der Waals surface area contributed by atoms with Gasteiger partial charge in [-0.15, -0.1) is 11.3 Å². The highest BCUT2D eigenvalue weighted by Crippen LogP contribution is 2.30. The number of rotatable bonds is 8.